The normalized spacial score (nSPS) is 10.1. The molecule has 0 spiro atoms. The van der Waals surface area contributed by atoms with Gasteiger partial charge in [-0.15, -0.1) is 0 Å². The van der Waals surface area contributed by atoms with Crippen LogP contribution in [0.5, 0.6) is 0 Å². The van der Waals surface area contributed by atoms with Gasteiger partial charge in [-0.05, 0) is 6.07 Å². The number of rotatable bonds is 3. The summed E-state index contributed by atoms with van der Waals surface area (Å²) in [4.78, 5) is 17.8. The average molecular weight is 221 g/mol. The molecule has 2 heterocycles. The first-order chi connectivity index (χ1) is 7.72. The summed E-state index contributed by atoms with van der Waals surface area (Å²) in [5.41, 5.74) is 2.12. The van der Waals surface area contributed by atoms with E-state index in [2.05, 4.69) is 20.5 Å². The highest BCUT2D eigenvalue weighted by Crippen LogP contribution is 2.21. The zero-order valence-corrected chi connectivity index (χ0v) is 7.94. The minimum absolute atomic E-state index is 0.0537. The van der Waals surface area contributed by atoms with Crippen LogP contribution in [0, 0.1) is 10.1 Å². The lowest BCUT2D eigenvalue weighted by Gasteiger charge is -2.03. The van der Waals surface area contributed by atoms with Crippen LogP contribution in [0.4, 0.5) is 11.5 Å². The number of aromatic nitrogens is 4. The number of nitro groups is 1. The summed E-state index contributed by atoms with van der Waals surface area (Å²) in [5.74, 6) is 5.53. The summed E-state index contributed by atoms with van der Waals surface area (Å²) in [5, 5.41) is 14.5. The number of hydrazine groups is 1. The molecule has 0 aliphatic rings. The summed E-state index contributed by atoms with van der Waals surface area (Å²) in [6, 6.07) is 2.69. The minimum atomic E-state index is -0.551. The zero-order chi connectivity index (χ0) is 11.5. The van der Waals surface area contributed by atoms with Crippen molar-refractivity contribution >= 4 is 11.5 Å². The van der Waals surface area contributed by atoms with Crippen LogP contribution < -0.4 is 11.3 Å². The molecule has 0 atom stereocenters. The van der Waals surface area contributed by atoms with Crippen molar-refractivity contribution in [2.45, 2.75) is 0 Å². The maximum atomic E-state index is 10.8. The quantitative estimate of drug-likeness (QED) is 0.419. The molecule has 2 rings (SSSR count). The average Bonchev–Trinajstić information content (AvgIpc) is 2.81. The molecule has 0 aliphatic heterocycles. The summed E-state index contributed by atoms with van der Waals surface area (Å²) in [6.07, 6.45) is 2.57. The number of nitrogens with two attached hydrogens (primary N) is 1. The first kappa shape index (κ1) is 9.98. The van der Waals surface area contributed by atoms with Gasteiger partial charge < -0.3 is 5.43 Å². The Morgan fingerprint density at radius 2 is 2.31 bits per heavy atom. The summed E-state index contributed by atoms with van der Waals surface area (Å²) < 4.78 is 1.19. The standard InChI is InChI=1S/C7H7N7O2/c8-12-6-2-1-5(14(15)16)7(11-6)13-4-9-3-10-13/h1-4H,8H2,(H,11,12). The first-order valence-electron chi connectivity index (χ1n) is 4.19. The molecule has 82 valence electrons. The van der Waals surface area contributed by atoms with Crippen molar-refractivity contribution in [3.05, 3.63) is 34.9 Å². The van der Waals surface area contributed by atoms with Crippen molar-refractivity contribution in [2.75, 3.05) is 5.43 Å². The number of nitrogen functional groups attached to an aromatic ring is 1. The fraction of sp³-hybridized carbons (Fsp3) is 0. The molecule has 3 N–H and O–H groups in total. The van der Waals surface area contributed by atoms with Crippen molar-refractivity contribution < 1.29 is 4.92 Å². The summed E-state index contributed by atoms with van der Waals surface area (Å²) in [7, 11) is 0. The van der Waals surface area contributed by atoms with E-state index in [-0.39, 0.29) is 11.5 Å². The van der Waals surface area contributed by atoms with E-state index < -0.39 is 4.92 Å². The number of anilines is 1. The molecule has 0 aromatic carbocycles. The molecule has 2 aromatic heterocycles. The van der Waals surface area contributed by atoms with E-state index in [1.807, 2.05) is 0 Å². The molecule has 0 radical (unpaired) electrons. The highest BCUT2D eigenvalue weighted by molar-refractivity contribution is 5.52. The van der Waals surface area contributed by atoms with Crippen molar-refractivity contribution in [2.24, 2.45) is 5.84 Å². The van der Waals surface area contributed by atoms with Gasteiger partial charge in [0, 0.05) is 6.07 Å². The molecule has 0 amide bonds. The van der Waals surface area contributed by atoms with Crippen LogP contribution in [-0.2, 0) is 0 Å². The molecule has 9 nitrogen and oxygen atoms in total. The van der Waals surface area contributed by atoms with Gasteiger partial charge in [0.1, 0.15) is 18.5 Å². The number of pyridine rings is 1. The molecule has 0 saturated heterocycles. The van der Waals surface area contributed by atoms with E-state index in [1.165, 1.54) is 29.5 Å². The fourth-order valence-corrected chi connectivity index (χ4v) is 1.15. The molecule has 0 aliphatic carbocycles. The van der Waals surface area contributed by atoms with Crippen LogP contribution >= 0.6 is 0 Å². The SMILES string of the molecule is NNc1ccc([N+](=O)[O-])c(-n2cncn2)n1. The third-order valence-corrected chi connectivity index (χ3v) is 1.83. The van der Waals surface area contributed by atoms with Crippen LogP contribution in [0.3, 0.4) is 0 Å². The van der Waals surface area contributed by atoms with E-state index in [0.29, 0.717) is 5.82 Å². The lowest BCUT2D eigenvalue weighted by molar-refractivity contribution is -0.384. The van der Waals surface area contributed by atoms with Crippen LogP contribution in [0.2, 0.25) is 0 Å². The number of nitrogens with zero attached hydrogens (tertiary/aromatic N) is 5. The second-order valence-corrected chi connectivity index (χ2v) is 2.78. The Morgan fingerprint density at radius 1 is 1.50 bits per heavy atom. The Kier molecular flexibility index (Phi) is 2.44. The Hall–Kier alpha value is -2.55. The monoisotopic (exact) mass is 221 g/mol. The predicted molar refractivity (Wildman–Crippen MR) is 53.6 cm³/mol. The molecule has 0 saturated carbocycles. The molecule has 16 heavy (non-hydrogen) atoms. The summed E-state index contributed by atoms with van der Waals surface area (Å²) >= 11 is 0. The maximum Gasteiger partial charge on any atom is 0.313 e. The lowest BCUT2D eigenvalue weighted by Crippen LogP contribution is -2.11. The third-order valence-electron chi connectivity index (χ3n) is 1.83. The fourth-order valence-electron chi connectivity index (χ4n) is 1.15. The smallest absolute Gasteiger partial charge is 0.308 e. The van der Waals surface area contributed by atoms with E-state index in [4.69, 9.17) is 5.84 Å². The van der Waals surface area contributed by atoms with Crippen molar-refractivity contribution in [1.29, 1.82) is 0 Å². The van der Waals surface area contributed by atoms with E-state index in [0.717, 1.165) is 0 Å². The molecule has 0 unspecified atom stereocenters. The topological polar surface area (TPSA) is 125 Å². The maximum absolute atomic E-state index is 10.8. The highest BCUT2D eigenvalue weighted by atomic mass is 16.6. The van der Waals surface area contributed by atoms with Crippen LogP contribution in [0.1, 0.15) is 0 Å². The van der Waals surface area contributed by atoms with Gasteiger partial charge in [0.25, 0.3) is 0 Å². The van der Waals surface area contributed by atoms with Gasteiger partial charge in [-0.25, -0.2) is 15.8 Å². The molecular weight excluding hydrogens is 214 g/mol. The molecule has 9 heteroatoms. The highest BCUT2D eigenvalue weighted by Gasteiger charge is 2.18. The van der Waals surface area contributed by atoms with Gasteiger partial charge in [0.15, 0.2) is 0 Å². The van der Waals surface area contributed by atoms with Gasteiger partial charge in [0.05, 0.1) is 4.92 Å². The zero-order valence-electron chi connectivity index (χ0n) is 7.94. The number of nitrogens with one attached hydrogen (secondary N) is 1. The van der Waals surface area contributed by atoms with Crippen LogP contribution in [0.15, 0.2) is 24.8 Å². The minimum Gasteiger partial charge on any atom is -0.308 e. The number of hydrogen-bond acceptors (Lipinski definition) is 7. The van der Waals surface area contributed by atoms with Crippen molar-refractivity contribution in [3.8, 4) is 5.82 Å². The Bertz CT molecular complexity index is 509. The van der Waals surface area contributed by atoms with E-state index in [1.54, 1.807) is 0 Å². The molecule has 2 aromatic rings. The molecule has 0 fully saturated rings. The van der Waals surface area contributed by atoms with Crippen molar-refractivity contribution in [1.82, 2.24) is 19.7 Å². The lowest BCUT2D eigenvalue weighted by atomic mass is 10.4. The van der Waals surface area contributed by atoms with Gasteiger partial charge in [-0.1, -0.05) is 0 Å². The largest absolute Gasteiger partial charge is 0.313 e. The van der Waals surface area contributed by atoms with E-state index in [9.17, 15) is 10.1 Å². The second-order valence-electron chi connectivity index (χ2n) is 2.78. The van der Waals surface area contributed by atoms with Gasteiger partial charge >= 0.3 is 5.69 Å². The number of hydrogen-bond donors (Lipinski definition) is 2. The second kappa shape index (κ2) is 3.90. The van der Waals surface area contributed by atoms with Crippen LogP contribution in [0.25, 0.3) is 5.82 Å². The van der Waals surface area contributed by atoms with Gasteiger partial charge in [-0.3, -0.25) is 10.1 Å². The van der Waals surface area contributed by atoms with Crippen molar-refractivity contribution in [3.63, 3.8) is 0 Å². The van der Waals surface area contributed by atoms with Gasteiger partial charge in [-0.2, -0.15) is 9.78 Å². The Balaban J connectivity index is 2.59. The Morgan fingerprint density at radius 3 is 2.88 bits per heavy atom. The summed E-state index contributed by atoms with van der Waals surface area (Å²) in [6.45, 7) is 0. The first-order valence-corrected chi connectivity index (χ1v) is 4.19. The van der Waals surface area contributed by atoms with Gasteiger partial charge in [0.2, 0.25) is 5.82 Å². The van der Waals surface area contributed by atoms with E-state index >= 15 is 0 Å². The van der Waals surface area contributed by atoms with Crippen LogP contribution in [-0.4, -0.2) is 24.7 Å². The third kappa shape index (κ3) is 1.66. The molecule has 0 bridgehead atoms. The Labute approximate surface area is 89.0 Å². The molecular formula is C7H7N7O2. The predicted octanol–water partition coefficient (Wildman–Crippen LogP) is -0.144.